The Labute approximate surface area is 62.1 Å². The molecule has 0 radical (unpaired) electrons. The minimum Gasteiger partial charge on any atom is -0.388 e. The van der Waals surface area contributed by atoms with E-state index in [-0.39, 0.29) is 0 Å². The molecule has 0 saturated carbocycles. The highest BCUT2D eigenvalue weighted by molar-refractivity contribution is 5.21. The standard InChI is InChI=1S/C9H13N/c1-2-10-9-7-5-3-4-6-8-9/h3-7,10H,2,8H2,1H3. The van der Waals surface area contributed by atoms with Crippen molar-refractivity contribution < 1.29 is 0 Å². The van der Waals surface area contributed by atoms with Crippen molar-refractivity contribution in [3.05, 3.63) is 36.1 Å². The van der Waals surface area contributed by atoms with E-state index in [1.165, 1.54) is 5.70 Å². The fraction of sp³-hybridized carbons (Fsp3) is 0.333. The Kier molecular flexibility index (Phi) is 2.81. The smallest absolute Gasteiger partial charge is 0.0145 e. The molecule has 0 aromatic rings. The van der Waals surface area contributed by atoms with E-state index in [0.717, 1.165) is 13.0 Å². The lowest BCUT2D eigenvalue weighted by atomic mass is 10.3. The minimum absolute atomic E-state index is 1.01. The van der Waals surface area contributed by atoms with E-state index >= 15 is 0 Å². The van der Waals surface area contributed by atoms with E-state index in [0.29, 0.717) is 0 Å². The Morgan fingerprint density at radius 2 is 2.30 bits per heavy atom. The summed E-state index contributed by atoms with van der Waals surface area (Å²) in [7, 11) is 0. The summed E-state index contributed by atoms with van der Waals surface area (Å²) in [5.74, 6) is 0. The second-order valence-electron chi connectivity index (χ2n) is 2.24. The molecule has 0 spiro atoms. The summed E-state index contributed by atoms with van der Waals surface area (Å²) in [5, 5.41) is 3.28. The Balaban J connectivity index is 2.50. The fourth-order valence-corrected chi connectivity index (χ4v) is 0.936. The van der Waals surface area contributed by atoms with Crippen LogP contribution in [0.25, 0.3) is 0 Å². The molecule has 0 atom stereocenters. The highest BCUT2D eigenvalue weighted by atomic mass is 14.9. The van der Waals surface area contributed by atoms with Crippen LogP contribution in [0.1, 0.15) is 13.3 Å². The predicted octanol–water partition coefficient (Wildman–Crippen LogP) is 2.00. The van der Waals surface area contributed by atoms with Gasteiger partial charge in [0.05, 0.1) is 0 Å². The molecular weight excluding hydrogens is 122 g/mol. The van der Waals surface area contributed by atoms with Crippen LogP contribution in [0.4, 0.5) is 0 Å². The predicted molar refractivity (Wildman–Crippen MR) is 44.7 cm³/mol. The van der Waals surface area contributed by atoms with E-state index in [2.05, 4.69) is 36.5 Å². The third-order valence-electron chi connectivity index (χ3n) is 1.40. The van der Waals surface area contributed by atoms with Gasteiger partial charge in [-0.05, 0) is 13.0 Å². The van der Waals surface area contributed by atoms with Crippen molar-refractivity contribution in [3.8, 4) is 0 Å². The largest absolute Gasteiger partial charge is 0.388 e. The van der Waals surface area contributed by atoms with E-state index in [4.69, 9.17) is 0 Å². The summed E-state index contributed by atoms with van der Waals surface area (Å²) >= 11 is 0. The summed E-state index contributed by atoms with van der Waals surface area (Å²) in [6.07, 6.45) is 11.5. The fourth-order valence-electron chi connectivity index (χ4n) is 0.936. The summed E-state index contributed by atoms with van der Waals surface area (Å²) in [6, 6.07) is 0. The number of hydrogen-bond donors (Lipinski definition) is 1. The molecule has 1 heteroatoms. The Hall–Kier alpha value is -0.980. The van der Waals surface area contributed by atoms with Crippen molar-refractivity contribution in [2.24, 2.45) is 0 Å². The molecule has 1 rings (SSSR count). The minimum atomic E-state index is 1.01. The molecule has 0 saturated heterocycles. The van der Waals surface area contributed by atoms with Gasteiger partial charge in [0.2, 0.25) is 0 Å². The summed E-state index contributed by atoms with van der Waals surface area (Å²) in [5.41, 5.74) is 1.30. The van der Waals surface area contributed by atoms with Crippen molar-refractivity contribution in [1.29, 1.82) is 0 Å². The maximum Gasteiger partial charge on any atom is 0.0145 e. The van der Waals surface area contributed by atoms with Crippen LogP contribution in [0.3, 0.4) is 0 Å². The van der Waals surface area contributed by atoms with Gasteiger partial charge >= 0.3 is 0 Å². The highest BCUT2D eigenvalue weighted by Crippen LogP contribution is 2.02. The zero-order chi connectivity index (χ0) is 7.23. The topological polar surface area (TPSA) is 12.0 Å². The van der Waals surface area contributed by atoms with E-state index in [9.17, 15) is 0 Å². The van der Waals surface area contributed by atoms with Crippen LogP contribution in [0.5, 0.6) is 0 Å². The molecule has 0 aromatic carbocycles. The number of hydrogen-bond acceptors (Lipinski definition) is 1. The maximum absolute atomic E-state index is 3.28. The molecule has 0 fully saturated rings. The van der Waals surface area contributed by atoms with Crippen LogP contribution in [0.2, 0.25) is 0 Å². The lowest BCUT2D eigenvalue weighted by Gasteiger charge is -2.03. The molecule has 0 amide bonds. The van der Waals surface area contributed by atoms with Gasteiger partial charge in [0.25, 0.3) is 0 Å². The molecule has 0 unspecified atom stereocenters. The van der Waals surface area contributed by atoms with Gasteiger partial charge in [-0.2, -0.15) is 0 Å². The summed E-state index contributed by atoms with van der Waals surface area (Å²) in [4.78, 5) is 0. The van der Waals surface area contributed by atoms with Gasteiger partial charge in [-0.1, -0.05) is 24.3 Å². The Bertz CT molecular complexity index is 175. The third-order valence-corrected chi connectivity index (χ3v) is 1.40. The van der Waals surface area contributed by atoms with Crippen molar-refractivity contribution in [1.82, 2.24) is 5.32 Å². The van der Waals surface area contributed by atoms with Crippen LogP contribution < -0.4 is 5.32 Å². The van der Waals surface area contributed by atoms with Gasteiger partial charge in [-0.25, -0.2) is 0 Å². The SMILES string of the molecule is CCNC1=CC=CC=CC1. The molecule has 1 aliphatic rings. The number of nitrogens with one attached hydrogen (secondary N) is 1. The molecule has 10 heavy (non-hydrogen) atoms. The van der Waals surface area contributed by atoms with Gasteiger partial charge in [-0.3, -0.25) is 0 Å². The summed E-state index contributed by atoms with van der Waals surface area (Å²) < 4.78 is 0. The average Bonchev–Trinajstić information content (AvgIpc) is 2.17. The van der Waals surface area contributed by atoms with Crippen LogP contribution >= 0.6 is 0 Å². The lowest BCUT2D eigenvalue weighted by Crippen LogP contribution is -2.10. The van der Waals surface area contributed by atoms with Gasteiger partial charge in [-0.15, -0.1) is 0 Å². The van der Waals surface area contributed by atoms with Crippen LogP contribution in [-0.4, -0.2) is 6.54 Å². The Morgan fingerprint density at radius 1 is 1.40 bits per heavy atom. The molecule has 0 bridgehead atoms. The second-order valence-corrected chi connectivity index (χ2v) is 2.24. The van der Waals surface area contributed by atoms with Gasteiger partial charge in [0.15, 0.2) is 0 Å². The first-order valence-electron chi connectivity index (χ1n) is 3.69. The van der Waals surface area contributed by atoms with Crippen molar-refractivity contribution >= 4 is 0 Å². The van der Waals surface area contributed by atoms with E-state index < -0.39 is 0 Å². The first kappa shape index (κ1) is 7.13. The average molecular weight is 135 g/mol. The van der Waals surface area contributed by atoms with Crippen molar-refractivity contribution in [3.63, 3.8) is 0 Å². The monoisotopic (exact) mass is 135 g/mol. The van der Waals surface area contributed by atoms with Crippen LogP contribution in [0, 0.1) is 0 Å². The third kappa shape index (κ3) is 2.09. The Morgan fingerprint density at radius 3 is 3.10 bits per heavy atom. The molecule has 0 heterocycles. The lowest BCUT2D eigenvalue weighted by molar-refractivity contribution is 0.828. The quantitative estimate of drug-likeness (QED) is 0.610. The molecule has 1 aliphatic carbocycles. The first-order valence-corrected chi connectivity index (χ1v) is 3.69. The first-order chi connectivity index (χ1) is 4.93. The van der Waals surface area contributed by atoms with Crippen LogP contribution in [-0.2, 0) is 0 Å². The van der Waals surface area contributed by atoms with Gasteiger partial charge in [0, 0.05) is 18.7 Å². The maximum atomic E-state index is 3.28. The molecule has 54 valence electrons. The molecule has 0 aliphatic heterocycles. The molecule has 0 aromatic heterocycles. The summed E-state index contributed by atoms with van der Waals surface area (Å²) in [6.45, 7) is 3.12. The van der Waals surface area contributed by atoms with Crippen LogP contribution in [0.15, 0.2) is 36.1 Å². The van der Waals surface area contributed by atoms with Crippen molar-refractivity contribution in [2.45, 2.75) is 13.3 Å². The second kappa shape index (κ2) is 3.94. The zero-order valence-electron chi connectivity index (χ0n) is 6.30. The number of allylic oxidation sites excluding steroid dienone is 5. The van der Waals surface area contributed by atoms with E-state index in [1.54, 1.807) is 0 Å². The zero-order valence-corrected chi connectivity index (χ0v) is 6.30. The highest BCUT2D eigenvalue weighted by Gasteiger charge is 1.90. The van der Waals surface area contributed by atoms with Gasteiger partial charge < -0.3 is 5.32 Å². The normalized spacial score (nSPS) is 16.3. The van der Waals surface area contributed by atoms with E-state index in [1.807, 2.05) is 6.08 Å². The molecule has 1 N–H and O–H groups in total. The number of rotatable bonds is 2. The van der Waals surface area contributed by atoms with Crippen molar-refractivity contribution in [2.75, 3.05) is 6.54 Å². The molecular formula is C9H13N. The van der Waals surface area contributed by atoms with Gasteiger partial charge in [0.1, 0.15) is 0 Å². The molecule has 1 nitrogen and oxygen atoms in total.